The lowest BCUT2D eigenvalue weighted by molar-refractivity contribution is -0.144. The molecule has 0 aromatic rings. The lowest BCUT2D eigenvalue weighted by Crippen LogP contribution is -2.10. The van der Waals surface area contributed by atoms with E-state index in [9.17, 15) is 4.79 Å². The summed E-state index contributed by atoms with van der Waals surface area (Å²) in [6.07, 6.45) is 28.9. The highest BCUT2D eigenvalue weighted by molar-refractivity contribution is 5.69. The summed E-state index contributed by atoms with van der Waals surface area (Å²) in [5.74, 6) is 0.000818. The Balaban J connectivity index is 3.14. The summed E-state index contributed by atoms with van der Waals surface area (Å²) in [4.78, 5) is 11.7. The van der Waals surface area contributed by atoms with E-state index in [4.69, 9.17) is 4.74 Å². The van der Waals surface area contributed by atoms with E-state index in [2.05, 4.69) is 27.7 Å². The second kappa shape index (κ2) is 22.7. The minimum absolute atomic E-state index is 0.000818. The standard InChI is InChI=1S/C29H58O2/c1-5-6-7-8-9-10-11-12-13-14-15-16-17-18-19-20-21-22-23-25-28(30)31-27-24-26-29(2,3)4/h5-27H2,1-4H3. The molecule has 0 fully saturated rings. The van der Waals surface area contributed by atoms with E-state index in [1.54, 1.807) is 0 Å². The number of rotatable bonds is 23. The molecule has 0 saturated carbocycles. The van der Waals surface area contributed by atoms with Gasteiger partial charge < -0.3 is 4.74 Å². The van der Waals surface area contributed by atoms with Crippen LogP contribution in [0.3, 0.4) is 0 Å². The van der Waals surface area contributed by atoms with Gasteiger partial charge in [0.15, 0.2) is 0 Å². The van der Waals surface area contributed by atoms with Crippen LogP contribution < -0.4 is 0 Å². The molecule has 0 aliphatic rings. The van der Waals surface area contributed by atoms with E-state index in [-0.39, 0.29) is 5.97 Å². The van der Waals surface area contributed by atoms with Crippen LogP contribution in [-0.4, -0.2) is 12.6 Å². The quantitative estimate of drug-likeness (QED) is 0.117. The van der Waals surface area contributed by atoms with Crippen molar-refractivity contribution in [1.29, 1.82) is 0 Å². The van der Waals surface area contributed by atoms with Crippen LogP contribution in [0.5, 0.6) is 0 Å². The smallest absolute Gasteiger partial charge is 0.305 e. The second-order valence-electron chi connectivity index (χ2n) is 11.0. The summed E-state index contributed by atoms with van der Waals surface area (Å²) in [6.45, 7) is 9.57. The molecule has 0 aromatic carbocycles. The summed E-state index contributed by atoms with van der Waals surface area (Å²) in [5.41, 5.74) is 0.333. The Morgan fingerprint density at radius 1 is 0.548 bits per heavy atom. The summed E-state index contributed by atoms with van der Waals surface area (Å²) < 4.78 is 5.34. The molecule has 0 aliphatic carbocycles. The Morgan fingerprint density at radius 2 is 0.903 bits per heavy atom. The molecule has 0 bridgehead atoms. The van der Waals surface area contributed by atoms with E-state index in [1.807, 2.05) is 0 Å². The third-order valence-electron chi connectivity index (χ3n) is 6.32. The first-order valence-electron chi connectivity index (χ1n) is 14.1. The molecular formula is C29H58O2. The van der Waals surface area contributed by atoms with Crippen molar-refractivity contribution in [3.05, 3.63) is 0 Å². The van der Waals surface area contributed by atoms with E-state index < -0.39 is 0 Å². The molecule has 0 spiro atoms. The zero-order valence-corrected chi connectivity index (χ0v) is 22.1. The molecular weight excluding hydrogens is 380 g/mol. The topological polar surface area (TPSA) is 26.3 Å². The normalized spacial score (nSPS) is 11.7. The number of carbonyl (C=O) groups is 1. The van der Waals surface area contributed by atoms with Crippen LogP contribution in [0, 0.1) is 5.41 Å². The monoisotopic (exact) mass is 438 g/mol. The van der Waals surface area contributed by atoms with Gasteiger partial charge >= 0.3 is 5.97 Å². The van der Waals surface area contributed by atoms with Gasteiger partial charge in [-0.2, -0.15) is 0 Å². The van der Waals surface area contributed by atoms with Gasteiger partial charge in [0.25, 0.3) is 0 Å². The first-order chi connectivity index (χ1) is 15.0. The Bertz CT molecular complexity index is 369. The first-order valence-corrected chi connectivity index (χ1v) is 14.1. The van der Waals surface area contributed by atoms with Crippen molar-refractivity contribution >= 4 is 5.97 Å². The van der Waals surface area contributed by atoms with Crippen LogP contribution in [0.15, 0.2) is 0 Å². The van der Waals surface area contributed by atoms with Crippen LogP contribution in [0.1, 0.15) is 169 Å². The third kappa shape index (κ3) is 27.4. The van der Waals surface area contributed by atoms with Crippen LogP contribution in [0.25, 0.3) is 0 Å². The molecule has 0 radical (unpaired) electrons. The molecule has 0 aromatic heterocycles. The summed E-state index contributed by atoms with van der Waals surface area (Å²) in [7, 11) is 0. The van der Waals surface area contributed by atoms with Gasteiger partial charge in [-0.05, 0) is 24.7 Å². The molecule has 0 aliphatic heterocycles. The minimum atomic E-state index is 0.000818. The van der Waals surface area contributed by atoms with E-state index in [0.717, 1.165) is 19.3 Å². The molecule has 0 rings (SSSR count). The predicted octanol–water partition coefficient (Wildman–Crippen LogP) is 10.2. The van der Waals surface area contributed by atoms with E-state index >= 15 is 0 Å². The lowest BCUT2D eigenvalue weighted by Gasteiger charge is -2.17. The molecule has 186 valence electrons. The Hall–Kier alpha value is -0.530. The zero-order chi connectivity index (χ0) is 23.0. The van der Waals surface area contributed by atoms with Crippen LogP contribution in [0.2, 0.25) is 0 Å². The molecule has 2 heteroatoms. The lowest BCUT2D eigenvalue weighted by atomic mass is 9.91. The fourth-order valence-corrected chi connectivity index (χ4v) is 4.21. The number of ether oxygens (including phenoxy) is 1. The number of esters is 1. The molecule has 0 N–H and O–H groups in total. The molecule has 2 nitrogen and oxygen atoms in total. The van der Waals surface area contributed by atoms with Crippen molar-refractivity contribution in [3.8, 4) is 0 Å². The maximum atomic E-state index is 11.7. The van der Waals surface area contributed by atoms with Crippen molar-refractivity contribution in [3.63, 3.8) is 0 Å². The maximum Gasteiger partial charge on any atom is 0.305 e. The van der Waals surface area contributed by atoms with Gasteiger partial charge in [-0.3, -0.25) is 4.79 Å². The number of carbonyl (C=O) groups excluding carboxylic acids is 1. The van der Waals surface area contributed by atoms with Gasteiger partial charge in [0.2, 0.25) is 0 Å². The van der Waals surface area contributed by atoms with Gasteiger partial charge in [0.1, 0.15) is 0 Å². The Kier molecular flexibility index (Phi) is 22.3. The first kappa shape index (κ1) is 30.5. The SMILES string of the molecule is CCCCCCCCCCCCCCCCCCCCCC(=O)OCCCC(C)(C)C. The summed E-state index contributed by atoms with van der Waals surface area (Å²) in [6, 6.07) is 0. The Labute approximate surface area is 196 Å². The average molecular weight is 439 g/mol. The highest BCUT2D eigenvalue weighted by Gasteiger charge is 2.10. The van der Waals surface area contributed by atoms with Crippen molar-refractivity contribution in [2.24, 2.45) is 5.41 Å². The van der Waals surface area contributed by atoms with Crippen molar-refractivity contribution in [2.75, 3.05) is 6.61 Å². The predicted molar refractivity (Wildman–Crippen MR) is 138 cm³/mol. The second-order valence-corrected chi connectivity index (χ2v) is 11.0. The van der Waals surface area contributed by atoms with Gasteiger partial charge in [-0.1, -0.05) is 143 Å². The summed E-state index contributed by atoms with van der Waals surface area (Å²) in [5, 5.41) is 0. The number of hydrogen-bond acceptors (Lipinski definition) is 2. The van der Waals surface area contributed by atoms with Crippen LogP contribution in [0.4, 0.5) is 0 Å². The Morgan fingerprint density at radius 3 is 1.26 bits per heavy atom. The molecule has 31 heavy (non-hydrogen) atoms. The average Bonchev–Trinajstić information content (AvgIpc) is 2.72. The number of hydrogen-bond donors (Lipinski definition) is 0. The fraction of sp³-hybridized carbons (Fsp3) is 0.966. The van der Waals surface area contributed by atoms with Gasteiger partial charge in [-0.25, -0.2) is 0 Å². The molecule has 0 atom stereocenters. The molecule has 0 unspecified atom stereocenters. The molecule has 0 saturated heterocycles. The fourth-order valence-electron chi connectivity index (χ4n) is 4.21. The number of unbranched alkanes of at least 4 members (excludes halogenated alkanes) is 18. The van der Waals surface area contributed by atoms with Gasteiger partial charge in [0, 0.05) is 6.42 Å². The van der Waals surface area contributed by atoms with Crippen molar-refractivity contribution < 1.29 is 9.53 Å². The highest BCUT2D eigenvalue weighted by atomic mass is 16.5. The van der Waals surface area contributed by atoms with Gasteiger partial charge in [0.05, 0.1) is 6.61 Å². The van der Waals surface area contributed by atoms with E-state index in [1.165, 1.54) is 116 Å². The van der Waals surface area contributed by atoms with E-state index in [0.29, 0.717) is 18.4 Å². The van der Waals surface area contributed by atoms with Gasteiger partial charge in [-0.15, -0.1) is 0 Å². The minimum Gasteiger partial charge on any atom is -0.466 e. The third-order valence-corrected chi connectivity index (χ3v) is 6.32. The zero-order valence-electron chi connectivity index (χ0n) is 22.1. The summed E-state index contributed by atoms with van der Waals surface area (Å²) >= 11 is 0. The van der Waals surface area contributed by atoms with Crippen molar-refractivity contribution in [1.82, 2.24) is 0 Å². The van der Waals surface area contributed by atoms with Crippen LogP contribution in [-0.2, 0) is 9.53 Å². The van der Waals surface area contributed by atoms with Crippen molar-refractivity contribution in [2.45, 2.75) is 169 Å². The largest absolute Gasteiger partial charge is 0.466 e. The molecule has 0 amide bonds. The highest BCUT2D eigenvalue weighted by Crippen LogP contribution is 2.20. The van der Waals surface area contributed by atoms with Crippen LogP contribution >= 0.6 is 0 Å². The maximum absolute atomic E-state index is 11.7. The molecule has 0 heterocycles.